The number of rotatable bonds is 5. The van der Waals surface area contributed by atoms with Gasteiger partial charge in [0.1, 0.15) is 17.1 Å². The van der Waals surface area contributed by atoms with Crippen LogP contribution in [0.1, 0.15) is 21.5 Å². The Morgan fingerprint density at radius 2 is 1.58 bits per heavy atom. The Bertz CT molecular complexity index is 742. The van der Waals surface area contributed by atoms with Crippen LogP contribution < -0.4 is 9.47 Å². The summed E-state index contributed by atoms with van der Waals surface area (Å²) in [5, 5.41) is 0. The summed E-state index contributed by atoms with van der Waals surface area (Å²) in [7, 11) is 2.84. The number of allylic oxidation sites excluding steroid dienone is 1. The van der Waals surface area contributed by atoms with Gasteiger partial charge in [-0.3, -0.25) is 4.79 Å². The molecule has 0 aliphatic carbocycles. The zero-order chi connectivity index (χ0) is 17.7. The number of benzene rings is 2. The van der Waals surface area contributed by atoms with Gasteiger partial charge in [-0.25, -0.2) is 0 Å². The standard InChI is InChI=1S/C18H15F3O3/c1-23-15-7-4-8-16(24-2)17(15)14(22)10-9-12-5-3-6-13(11-12)18(19,20)21/h3-11H,1-2H3/b10-9+. The second-order valence-corrected chi connectivity index (χ2v) is 4.86. The number of halogens is 3. The minimum absolute atomic E-state index is 0.214. The Hall–Kier alpha value is -2.76. The van der Waals surface area contributed by atoms with Gasteiger partial charge in [0.05, 0.1) is 19.8 Å². The molecule has 0 bridgehead atoms. The molecule has 2 aromatic rings. The summed E-state index contributed by atoms with van der Waals surface area (Å²) >= 11 is 0. The van der Waals surface area contributed by atoms with E-state index in [2.05, 4.69) is 0 Å². The van der Waals surface area contributed by atoms with Gasteiger partial charge in [-0.1, -0.05) is 24.3 Å². The van der Waals surface area contributed by atoms with Crippen molar-refractivity contribution in [2.45, 2.75) is 6.18 Å². The van der Waals surface area contributed by atoms with E-state index in [1.807, 2.05) is 0 Å². The summed E-state index contributed by atoms with van der Waals surface area (Å²) in [5.74, 6) is 0.225. The van der Waals surface area contributed by atoms with Crippen LogP contribution >= 0.6 is 0 Å². The van der Waals surface area contributed by atoms with Gasteiger partial charge in [0, 0.05) is 0 Å². The van der Waals surface area contributed by atoms with Crippen LogP contribution in [0.25, 0.3) is 6.08 Å². The number of carbonyl (C=O) groups is 1. The van der Waals surface area contributed by atoms with E-state index >= 15 is 0 Å². The Balaban J connectivity index is 2.32. The molecule has 0 fully saturated rings. The summed E-state index contributed by atoms with van der Waals surface area (Å²) in [6.07, 6.45) is -1.92. The van der Waals surface area contributed by atoms with Crippen molar-refractivity contribution >= 4 is 11.9 Å². The smallest absolute Gasteiger partial charge is 0.416 e. The van der Waals surface area contributed by atoms with E-state index in [1.54, 1.807) is 18.2 Å². The van der Waals surface area contributed by atoms with Crippen molar-refractivity contribution in [3.8, 4) is 11.5 Å². The van der Waals surface area contributed by atoms with E-state index in [0.717, 1.165) is 12.1 Å². The third-order valence-corrected chi connectivity index (χ3v) is 3.32. The predicted octanol–water partition coefficient (Wildman–Crippen LogP) is 4.62. The third kappa shape index (κ3) is 3.95. The first-order valence-corrected chi connectivity index (χ1v) is 6.97. The lowest BCUT2D eigenvalue weighted by atomic mass is 10.1. The highest BCUT2D eigenvalue weighted by molar-refractivity contribution is 6.10. The van der Waals surface area contributed by atoms with Crippen LogP contribution in [0.15, 0.2) is 48.5 Å². The number of carbonyl (C=O) groups excluding carboxylic acids is 1. The maximum absolute atomic E-state index is 12.7. The molecule has 3 nitrogen and oxygen atoms in total. The van der Waals surface area contributed by atoms with Gasteiger partial charge in [0.15, 0.2) is 5.78 Å². The van der Waals surface area contributed by atoms with Crippen molar-refractivity contribution in [3.05, 3.63) is 65.2 Å². The largest absolute Gasteiger partial charge is 0.496 e. The summed E-state index contributed by atoms with van der Waals surface area (Å²) in [5.41, 5.74) is -0.287. The Labute approximate surface area is 137 Å². The van der Waals surface area contributed by atoms with E-state index in [0.29, 0.717) is 11.5 Å². The van der Waals surface area contributed by atoms with Crippen LogP contribution in [0.5, 0.6) is 11.5 Å². The molecule has 24 heavy (non-hydrogen) atoms. The Kier molecular flexibility index (Phi) is 5.28. The molecule has 0 amide bonds. The number of hydrogen-bond donors (Lipinski definition) is 0. The third-order valence-electron chi connectivity index (χ3n) is 3.32. The number of methoxy groups -OCH3 is 2. The lowest BCUT2D eigenvalue weighted by Crippen LogP contribution is -2.04. The fraction of sp³-hybridized carbons (Fsp3) is 0.167. The molecular formula is C18H15F3O3. The minimum atomic E-state index is -4.43. The van der Waals surface area contributed by atoms with E-state index in [9.17, 15) is 18.0 Å². The van der Waals surface area contributed by atoms with Gasteiger partial charge < -0.3 is 9.47 Å². The molecular weight excluding hydrogens is 321 g/mol. The van der Waals surface area contributed by atoms with Gasteiger partial charge in [-0.2, -0.15) is 13.2 Å². The lowest BCUT2D eigenvalue weighted by Gasteiger charge is -2.10. The van der Waals surface area contributed by atoms with Crippen molar-refractivity contribution in [2.24, 2.45) is 0 Å². The van der Waals surface area contributed by atoms with E-state index in [1.165, 1.54) is 38.5 Å². The van der Waals surface area contributed by atoms with E-state index in [4.69, 9.17) is 9.47 Å². The quantitative estimate of drug-likeness (QED) is 0.590. The first-order valence-electron chi connectivity index (χ1n) is 6.97. The normalized spacial score (nSPS) is 11.5. The molecule has 126 valence electrons. The van der Waals surface area contributed by atoms with Crippen molar-refractivity contribution < 1.29 is 27.4 Å². The second kappa shape index (κ2) is 7.21. The van der Waals surface area contributed by atoms with Gasteiger partial charge in [-0.05, 0) is 35.9 Å². The number of alkyl halides is 3. The van der Waals surface area contributed by atoms with Crippen LogP contribution in [-0.2, 0) is 6.18 Å². The molecule has 0 unspecified atom stereocenters. The molecule has 0 heterocycles. The van der Waals surface area contributed by atoms with E-state index < -0.39 is 17.5 Å². The van der Waals surface area contributed by atoms with Crippen molar-refractivity contribution in [1.82, 2.24) is 0 Å². The van der Waals surface area contributed by atoms with Crippen LogP contribution in [0.4, 0.5) is 13.2 Å². The molecule has 0 aromatic heterocycles. The summed E-state index contributed by atoms with van der Waals surface area (Å²) < 4.78 is 48.4. The van der Waals surface area contributed by atoms with Crippen LogP contribution in [-0.4, -0.2) is 20.0 Å². The average Bonchev–Trinajstić information content (AvgIpc) is 2.58. The molecule has 6 heteroatoms. The highest BCUT2D eigenvalue weighted by atomic mass is 19.4. The number of ether oxygens (including phenoxy) is 2. The monoisotopic (exact) mass is 336 g/mol. The van der Waals surface area contributed by atoms with Crippen LogP contribution in [0.3, 0.4) is 0 Å². The van der Waals surface area contributed by atoms with Gasteiger partial charge >= 0.3 is 6.18 Å². The Morgan fingerprint density at radius 3 is 2.12 bits per heavy atom. The number of hydrogen-bond acceptors (Lipinski definition) is 3. The molecule has 0 saturated carbocycles. The maximum atomic E-state index is 12.7. The Morgan fingerprint density at radius 1 is 1.00 bits per heavy atom. The minimum Gasteiger partial charge on any atom is -0.496 e. The number of ketones is 1. The SMILES string of the molecule is COc1cccc(OC)c1C(=O)/C=C/c1cccc(C(F)(F)F)c1. The molecule has 2 aromatic carbocycles. The van der Waals surface area contributed by atoms with E-state index in [-0.39, 0.29) is 11.1 Å². The molecule has 2 rings (SSSR count). The summed E-state index contributed by atoms with van der Waals surface area (Å²) in [6.45, 7) is 0. The highest BCUT2D eigenvalue weighted by Crippen LogP contribution is 2.31. The average molecular weight is 336 g/mol. The maximum Gasteiger partial charge on any atom is 0.416 e. The van der Waals surface area contributed by atoms with Crippen molar-refractivity contribution in [3.63, 3.8) is 0 Å². The zero-order valence-corrected chi connectivity index (χ0v) is 13.1. The second-order valence-electron chi connectivity index (χ2n) is 4.86. The van der Waals surface area contributed by atoms with Gasteiger partial charge in [0.2, 0.25) is 0 Å². The molecule has 0 N–H and O–H groups in total. The molecule has 0 radical (unpaired) electrons. The van der Waals surface area contributed by atoms with Gasteiger partial charge in [-0.15, -0.1) is 0 Å². The molecule has 0 saturated heterocycles. The van der Waals surface area contributed by atoms with Crippen molar-refractivity contribution in [2.75, 3.05) is 14.2 Å². The van der Waals surface area contributed by atoms with Crippen LogP contribution in [0, 0.1) is 0 Å². The molecule has 0 aliphatic rings. The van der Waals surface area contributed by atoms with Gasteiger partial charge in [0.25, 0.3) is 0 Å². The lowest BCUT2D eigenvalue weighted by molar-refractivity contribution is -0.137. The first kappa shape index (κ1) is 17.6. The summed E-state index contributed by atoms with van der Waals surface area (Å²) in [6, 6.07) is 9.60. The zero-order valence-electron chi connectivity index (χ0n) is 13.1. The topological polar surface area (TPSA) is 35.5 Å². The molecule has 0 spiro atoms. The fourth-order valence-corrected chi connectivity index (χ4v) is 2.17. The van der Waals surface area contributed by atoms with Crippen molar-refractivity contribution in [1.29, 1.82) is 0 Å². The summed E-state index contributed by atoms with van der Waals surface area (Å²) in [4.78, 5) is 12.4. The predicted molar refractivity (Wildman–Crippen MR) is 84.4 cm³/mol. The first-order chi connectivity index (χ1) is 11.4. The highest BCUT2D eigenvalue weighted by Gasteiger charge is 2.30. The fourth-order valence-electron chi connectivity index (χ4n) is 2.17. The molecule has 0 aliphatic heterocycles. The molecule has 0 atom stereocenters. The van der Waals surface area contributed by atoms with Crippen LogP contribution in [0.2, 0.25) is 0 Å².